The van der Waals surface area contributed by atoms with Crippen molar-refractivity contribution in [1.29, 1.82) is 0 Å². The summed E-state index contributed by atoms with van der Waals surface area (Å²) in [4.78, 5) is 27.7. The molecule has 0 spiro atoms. The molecule has 0 amide bonds. The fraction of sp³-hybridized carbons (Fsp3) is 0. The minimum absolute atomic E-state index is 0.579. The predicted molar refractivity (Wildman–Crippen MR) is 27.0 cm³/mol. The van der Waals surface area contributed by atoms with E-state index in [4.69, 9.17) is 10.2 Å². The second-order valence-corrected chi connectivity index (χ2v) is 1.14. The molecule has 1 heterocycles. The molecule has 0 saturated heterocycles. The first-order valence-corrected chi connectivity index (χ1v) is 2.06. The topological polar surface area (TPSA) is 94.8 Å². The molecule has 6 heteroatoms. The molecule has 0 aromatic rings. The Balaban J connectivity index is 0.000000236. The van der Waals surface area contributed by atoms with Gasteiger partial charge < -0.3 is 4.74 Å². The fourth-order valence-corrected chi connectivity index (χ4v) is 0.303. The van der Waals surface area contributed by atoms with E-state index in [1.807, 2.05) is 0 Å². The van der Waals surface area contributed by atoms with Gasteiger partial charge in [0.2, 0.25) is 0 Å². The molecule has 0 unspecified atom stereocenters. The number of esters is 2. The maximum Gasteiger partial charge on any atom is 0.338 e. The summed E-state index contributed by atoms with van der Waals surface area (Å²) < 4.78 is 5.72. The smallest absolute Gasteiger partial charge is 0.338 e. The Bertz CT molecular complexity index is 164. The Morgan fingerprint density at radius 2 is 1.60 bits per heavy atom. The van der Waals surface area contributed by atoms with Gasteiger partial charge >= 0.3 is 11.9 Å². The molecule has 54 valence electrons. The van der Waals surface area contributed by atoms with Crippen LogP contribution >= 0.6 is 0 Å². The molecule has 1 aliphatic heterocycles. The van der Waals surface area contributed by atoms with Crippen LogP contribution in [0.3, 0.4) is 0 Å². The van der Waals surface area contributed by atoms with Crippen molar-refractivity contribution in [2.75, 3.05) is 0 Å². The number of cyclic esters (lactones) is 2. The Kier molecular flexibility index (Phi) is 3.47. The van der Waals surface area contributed by atoms with Crippen LogP contribution in [-0.2, 0) is 14.3 Å². The van der Waals surface area contributed by atoms with Crippen LogP contribution in [0.15, 0.2) is 12.2 Å². The van der Waals surface area contributed by atoms with Gasteiger partial charge in [-0.1, -0.05) is 10.2 Å². The third-order valence-electron chi connectivity index (χ3n) is 0.557. The first-order chi connectivity index (χ1) is 4.70. The summed E-state index contributed by atoms with van der Waals surface area (Å²) in [5.74, 6) is -1.16. The number of hydrogen-bond donors (Lipinski definition) is 0. The van der Waals surface area contributed by atoms with Crippen LogP contribution in [0.2, 0.25) is 0 Å². The Labute approximate surface area is 54.6 Å². The fourth-order valence-electron chi connectivity index (χ4n) is 0.303. The van der Waals surface area contributed by atoms with Gasteiger partial charge in [0, 0.05) is 12.2 Å². The van der Waals surface area contributed by atoms with Crippen molar-refractivity contribution in [1.82, 2.24) is 0 Å². The highest BCUT2D eigenvalue weighted by Crippen LogP contribution is 1.92. The number of carbonyl (C=O) groups excluding carboxylic acids is 2. The van der Waals surface area contributed by atoms with Crippen LogP contribution in [0.1, 0.15) is 0 Å². The molecule has 10 heavy (non-hydrogen) atoms. The summed E-state index contributed by atoms with van der Waals surface area (Å²) in [6, 6.07) is 0. The van der Waals surface area contributed by atoms with E-state index in [1.165, 1.54) is 0 Å². The van der Waals surface area contributed by atoms with Crippen LogP contribution in [-0.4, -0.2) is 11.9 Å². The molecule has 6 nitrogen and oxygen atoms in total. The predicted octanol–water partition coefficient (Wildman–Crippen LogP) is -1.50. The van der Waals surface area contributed by atoms with Crippen molar-refractivity contribution in [3.8, 4) is 0 Å². The van der Waals surface area contributed by atoms with Crippen LogP contribution in [0.5, 0.6) is 0 Å². The molecule has 0 radical (unpaired) electrons. The van der Waals surface area contributed by atoms with E-state index < -0.39 is 11.9 Å². The van der Waals surface area contributed by atoms with Gasteiger partial charge in [0.25, 0.3) is 0 Å². The second-order valence-electron chi connectivity index (χ2n) is 1.14. The number of carbonyl (C=O) groups is 2. The first kappa shape index (κ1) is 8.28. The van der Waals surface area contributed by atoms with Crippen molar-refractivity contribution in [2.24, 2.45) is 0 Å². The summed E-state index contributed by atoms with van der Waals surface area (Å²) >= 11 is 0. The molecule has 0 bridgehead atoms. The summed E-state index contributed by atoms with van der Waals surface area (Å²) in [5.41, 5.74) is 0. The lowest BCUT2D eigenvalue weighted by Gasteiger charge is -1.80. The molecule has 1 rings (SSSR count). The molecule has 0 aliphatic carbocycles. The van der Waals surface area contributed by atoms with E-state index in [0.717, 1.165) is 12.2 Å². The lowest BCUT2D eigenvalue weighted by Crippen LogP contribution is -1.96. The van der Waals surface area contributed by atoms with Crippen molar-refractivity contribution in [3.63, 3.8) is 0 Å². The van der Waals surface area contributed by atoms with E-state index in [0.29, 0.717) is 0 Å². The summed E-state index contributed by atoms with van der Waals surface area (Å²) in [7, 11) is 0. The van der Waals surface area contributed by atoms with E-state index in [1.54, 1.807) is 4.75 Å². The van der Waals surface area contributed by atoms with Crippen molar-refractivity contribution < 1.29 is 19.6 Å². The average Bonchev–Trinajstić information content (AvgIpc) is 2.17. The number of hydrogen-bond acceptors (Lipinski definition) is 5. The van der Waals surface area contributed by atoms with Gasteiger partial charge in [0.15, 0.2) is 4.75 Å². The summed E-state index contributed by atoms with van der Waals surface area (Å²) in [5, 5.41) is 7.88. The van der Waals surface area contributed by atoms with Crippen molar-refractivity contribution >= 4 is 11.9 Å². The molecule has 0 atom stereocenters. The molecule has 0 aromatic carbocycles. The minimum Gasteiger partial charge on any atom is -0.387 e. The highest BCUT2D eigenvalue weighted by Gasteiger charge is 2.10. The zero-order chi connectivity index (χ0) is 7.98. The molecule has 0 N–H and O–H groups in total. The Hall–Kier alpha value is -1.72. The average molecular weight is 146 g/mol. The van der Waals surface area contributed by atoms with Crippen molar-refractivity contribution in [3.05, 3.63) is 21.9 Å². The molecular weight excluding hydrogens is 144 g/mol. The zero-order valence-electron chi connectivity index (χ0n) is 4.60. The molecule has 0 fully saturated rings. The quantitative estimate of drug-likeness (QED) is 0.136. The molecular formula is C4H2O6. The van der Waals surface area contributed by atoms with Crippen molar-refractivity contribution in [2.45, 2.75) is 0 Å². The Morgan fingerprint density at radius 1 is 1.30 bits per heavy atom. The zero-order valence-corrected chi connectivity index (χ0v) is 4.60. The van der Waals surface area contributed by atoms with E-state index >= 15 is 0 Å². The van der Waals surface area contributed by atoms with Gasteiger partial charge in [0.1, 0.15) is 0 Å². The molecule has 0 aromatic heterocycles. The van der Waals surface area contributed by atoms with Gasteiger partial charge in [0.05, 0.1) is 0 Å². The molecule has 0 saturated carbocycles. The lowest BCUT2D eigenvalue weighted by atomic mass is 10.6. The van der Waals surface area contributed by atoms with Crippen LogP contribution in [0, 0.1) is 9.71 Å². The second kappa shape index (κ2) is 4.19. The number of rotatable bonds is 0. The standard InChI is InChI=1S/C4H2O3.O3/c5-3-1-2-4(6)7-3;1-3-2/h1-2H;. The third kappa shape index (κ3) is 3.30. The lowest BCUT2D eigenvalue weighted by molar-refractivity contribution is -0.284. The van der Waals surface area contributed by atoms with Gasteiger partial charge in [-0.05, 0) is 0 Å². The highest BCUT2D eigenvalue weighted by molar-refractivity contribution is 6.04. The number of ether oxygens (including phenoxy) is 1. The van der Waals surface area contributed by atoms with Gasteiger partial charge in [-0.25, -0.2) is 9.59 Å². The van der Waals surface area contributed by atoms with Crippen LogP contribution in [0.25, 0.3) is 0 Å². The van der Waals surface area contributed by atoms with Crippen LogP contribution in [0.4, 0.5) is 0 Å². The van der Waals surface area contributed by atoms with E-state index in [-0.39, 0.29) is 0 Å². The normalized spacial score (nSPS) is 13.6. The largest absolute Gasteiger partial charge is 0.387 e. The maximum atomic E-state index is 9.92. The summed E-state index contributed by atoms with van der Waals surface area (Å²) in [6.07, 6.45) is 2.17. The third-order valence-corrected chi connectivity index (χ3v) is 0.557. The van der Waals surface area contributed by atoms with Gasteiger partial charge in [-0.3, -0.25) is 0 Å². The minimum atomic E-state index is -0.579. The SMILES string of the molecule is O=C1C=CC(=O)O1.O=[O+][O-]. The monoisotopic (exact) mass is 146 g/mol. The maximum absolute atomic E-state index is 9.92. The highest BCUT2D eigenvalue weighted by atomic mass is 17.2. The van der Waals surface area contributed by atoms with Crippen LogP contribution < -0.4 is 5.26 Å². The first-order valence-electron chi connectivity index (χ1n) is 2.06. The van der Waals surface area contributed by atoms with E-state index in [9.17, 15) is 9.59 Å². The van der Waals surface area contributed by atoms with Gasteiger partial charge in [-0.15, -0.1) is 0 Å². The van der Waals surface area contributed by atoms with E-state index in [2.05, 4.69) is 4.74 Å². The Morgan fingerprint density at radius 3 is 1.70 bits per heavy atom. The molecule has 1 aliphatic rings. The summed E-state index contributed by atoms with van der Waals surface area (Å²) in [6.45, 7) is 0. The van der Waals surface area contributed by atoms with Gasteiger partial charge in [-0.2, -0.15) is 0 Å².